The summed E-state index contributed by atoms with van der Waals surface area (Å²) >= 11 is 2.24. The number of hydrogen-bond donors (Lipinski definition) is 0. The maximum atomic E-state index is 12.3. The molecule has 1 aliphatic heterocycles. The smallest absolute Gasteiger partial charge is 0.260 e. The highest BCUT2D eigenvalue weighted by Gasteiger charge is 2.21. The summed E-state index contributed by atoms with van der Waals surface area (Å²) in [6.45, 7) is 4.40. The second-order valence-electron chi connectivity index (χ2n) is 5.89. The van der Waals surface area contributed by atoms with Crippen LogP contribution in [0.4, 0.5) is 0 Å². The second kappa shape index (κ2) is 8.48. The molecule has 1 amide bonds. The number of ether oxygens (including phenoxy) is 1. The third-order valence-electron chi connectivity index (χ3n) is 4.13. The van der Waals surface area contributed by atoms with Gasteiger partial charge in [0, 0.05) is 36.3 Å². The second-order valence-corrected chi connectivity index (χ2v) is 7.13. The van der Waals surface area contributed by atoms with E-state index in [1.807, 2.05) is 35.2 Å². The van der Waals surface area contributed by atoms with E-state index in [1.54, 1.807) is 0 Å². The Morgan fingerprint density at radius 1 is 1.00 bits per heavy atom. The maximum Gasteiger partial charge on any atom is 0.260 e. The number of carbonyl (C=O) groups is 1. The topological polar surface area (TPSA) is 32.8 Å². The molecule has 126 valence electrons. The number of carbonyl (C=O) groups excluding carboxylic acids is 1. The highest BCUT2D eigenvalue weighted by atomic mass is 127. The minimum atomic E-state index is 0.0632. The van der Waals surface area contributed by atoms with Crippen molar-refractivity contribution in [2.45, 2.75) is 6.54 Å². The standard InChI is InChI=1S/C19H21IN2O2/c20-17-7-4-8-18(13-17)24-15-19(23)22-11-9-21(10-12-22)14-16-5-2-1-3-6-16/h1-8,13H,9-12,14-15H2. The first kappa shape index (κ1) is 17.2. The minimum Gasteiger partial charge on any atom is -0.484 e. The van der Waals surface area contributed by atoms with Gasteiger partial charge >= 0.3 is 0 Å². The Bertz CT molecular complexity index is 670. The van der Waals surface area contributed by atoms with E-state index in [-0.39, 0.29) is 12.5 Å². The van der Waals surface area contributed by atoms with Gasteiger partial charge in [0.05, 0.1) is 0 Å². The third-order valence-corrected chi connectivity index (χ3v) is 4.80. The fraction of sp³-hybridized carbons (Fsp3) is 0.316. The molecule has 4 nitrogen and oxygen atoms in total. The molecule has 1 heterocycles. The number of piperazine rings is 1. The maximum absolute atomic E-state index is 12.3. The first-order valence-corrected chi connectivity index (χ1v) is 9.21. The SMILES string of the molecule is O=C(COc1cccc(I)c1)N1CCN(Cc2ccccc2)CC1. The molecule has 3 rings (SSSR count). The zero-order valence-electron chi connectivity index (χ0n) is 13.5. The van der Waals surface area contributed by atoms with Gasteiger partial charge in [0.1, 0.15) is 5.75 Å². The number of benzene rings is 2. The molecule has 0 spiro atoms. The van der Waals surface area contributed by atoms with Crippen molar-refractivity contribution in [1.82, 2.24) is 9.80 Å². The molecular weight excluding hydrogens is 415 g/mol. The van der Waals surface area contributed by atoms with Gasteiger partial charge in [-0.1, -0.05) is 36.4 Å². The number of halogens is 1. The van der Waals surface area contributed by atoms with Crippen LogP contribution in [0, 0.1) is 3.57 Å². The lowest BCUT2D eigenvalue weighted by atomic mass is 10.2. The minimum absolute atomic E-state index is 0.0632. The van der Waals surface area contributed by atoms with Crippen LogP contribution < -0.4 is 4.74 Å². The van der Waals surface area contributed by atoms with Gasteiger partial charge in [-0.3, -0.25) is 9.69 Å². The van der Waals surface area contributed by atoms with E-state index in [0.29, 0.717) is 0 Å². The van der Waals surface area contributed by atoms with Crippen LogP contribution in [0.5, 0.6) is 5.75 Å². The van der Waals surface area contributed by atoms with Gasteiger partial charge < -0.3 is 9.64 Å². The molecule has 1 fully saturated rings. The van der Waals surface area contributed by atoms with E-state index in [4.69, 9.17) is 4.74 Å². The molecule has 0 unspecified atom stereocenters. The van der Waals surface area contributed by atoms with Crippen molar-refractivity contribution >= 4 is 28.5 Å². The summed E-state index contributed by atoms with van der Waals surface area (Å²) < 4.78 is 6.72. The van der Waals surface area contributed by atoms with Crippen LogP contribution in [0.3, 0.4) is 0 Å². The van der Waals surface area contributed by atoms with Gasteiger partial charge in [-0.05, 0) is 46.4 Å². The fourth-order valence-corrected chi connectivity index (χ4v) is 3.30. The monoisotopic (exact) mass is 436 g/mol. The van der Waals surface area contributed by atoms with Crippen LogP contribution >= 0.6 is 22.6 Å². The Balaban J connectivity index is 1.43. The van der Waals surface area contributed by atoms with Crippen molar-refractivity contribution in [3.05, 3.63) is 63.7 Å². The Labute approximate surface area is 156 Å². The lowest BCUT2D eigenvalue weighted by Gasteiger charge is -2.34. The Kier molecular flexibility index (Phi) is 6.09. The summed E-state index contributed by atoms with van der Waals surface area (Å²) in [4.78, 5) is 16.6. The fourth-order valence-electron chi connectivity index (χ4n) is 2.79. The molecule has 0 aliphatic carbocycles. The van der Waals surface area contributed by atoms with Crippen LogP contribution in [-0.4, -0.2) is 48.5 Å². The van der Waals surface area contributed by atoms with Crippen molar-refractivity contribution in [1.29, 1.82) is 0 Å². The summed E-state index contributed by atoms with van der Waals surface area (Å²) in [7, 11) is 0. The van der Waals surface area contributed by atoms with Crippen molar-refractivity contribution in [3.8, 4) is 5.75 Å². The third kappa shape index (κ3) is 4.95. The van der Waals surface area contributed by atoms with Gasteiger partial charge in [0.15, 0.2) is 6.61 Å². The average molecular weight is 436 g/mol. The lowest BCUT2D eigenvalue weighted by molar-refractivity contribution is -0.135. The molecule has 24 heavy (non-hydrogen) atoms. The highest BCUT2D eigenvalue weighted by molar-refractivity contribution is 14.1. The van der Waals surface area contributed by atoms with Gasteiger partial charge in [-0.15, -0.1) is 0 Å². The van der Waals surface area contributed by atoms with Crippen LogP contribution in [-0.2, 0) is 11.3 Å². The molecule has 1 aliphatic rings. The number of rotatable bonds is 5. The predicted octanol–water partition coefficient (Wildman–Crippen LogP) is 3.01. The number of amides is 1. The molecule has 5 heteroatoms. The molecule has 0 aromatic heterocycles. The summed E-state index contributed by atoms with van der Waals surface area (Å²) in [5.74, 6) is 0.811. The van der Waals surface area contributed by atoms with Crippen molar-refractivity contribution < 1.29 is 9.53 Å². The van der Waals surface area contributed by atoms with Gasteiger partial charge in [0.2, 0.25) is 0 Å². The Morgan fingerprint density at radius 2 is 1.75 bits per heavy atom. The summed E-state index contributed by atoms with van der Waals surface area (Å²) in [5, 5.41) is 0. The van der Waals surface area contributed by atoms with E-state index >= 15 is 0 Å². The van der Waals surface area contributed by atoms with Crippen LogP contribution in [0.15, 0.2) is 54.6 Å². The molecule has 0 bridgehead atoms. The summed E-state index contributed by atoms with van der Waals surface area (Å²) in [6.07, 6.45) is 0. The van der Waals surface area contributed by atoms with E-state index in [0.717, 1.165) is 42.0 Å². The summed E-state index contributed by atoms with van der Waals surface area (Å²) in [5.41, 5.74) is 1.32. The molecular formula is C19H21IN2O2. The van der Waals surface area contributed by atoms with Crippen LogP contribution in [0.25, 0.3) is 0 Å². The van der Waals surface area contributed by atoms with Crippen molar-refractivity contribution in [2.24, 2.45) is 0 Å². The van der Waals surface area contributed by atoms with E-state index in [9.17, 15) is 4.79 Å². The van der Waals surface area contributed by atoms with Crippen LogP contribution in [0.1, 0.15) is 5.56 Å². The Hall–Kier alpha value is -1.60. The number of nitrogens with zero attached hydrogens (tertiary/aromatic N) is 2. The normalized spacial score (nSPS) is 15.3. The number of hydrogen-bond acceptors (Lipinski definition) is 3. The molecule has 0 atom stereocenters. The zero-order chi connectivity index (χ0) is 16.8. The van der Waals surface area contributed by atoms with Crippen molar-refractivity contribution in [3.63, 3.8) is 0 Å². The molecule has 2 aromatic carbocycles. The molecule has 1 saturated heterocycles. The van der Waals surface area contributed by atoms with Crippen LogP contribution in [0.2, 0.25) is 0 Å². The van der Waals surface area contributed by atoms with Gasteiger partial charge in [0.25, 0.3) is 5.91 Å². The molecule has 2 aromatic rings. The molecule has 0 N–H and O–H groups in total. The summed E-state index contributed by atoms with van der Waals surface area (Å²) in [6, 6.07) is 18.2. The zero-order valence-corrected chi connectivity index (χ0v) is 15.7. The highest BCUT2D eigenvalue weighted by Crippen LogP contribution is 2.15. The molecule has 0 radical (unpaired) electrons. The van der Waals surface area contributed by atoms with E-state index in [2.05, 4.69) is 51.8 Å². The predicted molar refractivity (Wildman–Crippen MR) is 103 cm³/mol. The van der Waals surface area contributed by atoms with Gasteiger partial charge in [-0.2, -0.15) is 0 Å². The lowest BCUT2D eigenvalue weighted by Crippen LogP contribution is -2.49. The first-order valence-electron chi connectivity index (χ1n) is 8.13. The average Bonchev–Trinajstić information content (AvgIpc) is 2.61. The van der Waals surface area contributed by atoms with Gasteiger partial charge in [-0.25, -0.2) is 0 Å². The first-order chi connectivity index (χ1) is 11.7. The quantitative estimate of drug-likeness (QED) is 0.676. The largest absolute Gasteiger partial charge is 0.484 e. The molecule has 0 saturated carbocycles. The van der Waals surface area contributed by atoms with E-state index < -0.39 is 0 Å². The van der Waals surface area contributed by atoms with E-state index in [1.165, 1.54) is 5.56 Å². The Morgan fingerprint density at radius 3 is 2.46 bits per heavy atom. The van der Waals surface area contributed by atoms with Crippen molar-refractivity contribution in [2.75, 3.05) is 32.8 Å².